The van der Waals surface area contributed by atoms with Gasteiger partial charge < -0.3 is 15.8 Å². The normalized spacial score (nSPS) is 11.9. The number of carbonyl (C=O) groups excluding carboxylic acids is 1. The highest BCUT2D eigenvalue weighted by Gasteiger charge is 2.18. The smallest absolute Gasteiger partial charge is 0.276 e. The second-order valence-electron chi connectivity index (χ2n) is 4.48. The monoisotopic (exact) mass is 281 g/mol. The van der Waals surface area contributed by atoms with Crippen LogP contribution in [0, 0.1) is 24.0 Å². The average Bonchev–Trinajstić information content (AvgIpc) is 2.35. The van der Waals surface area contributed by atoms with Crippen molar-refractivity contribution in [2.24, 2.45) is 5.73 Å². The van der Waals surface area contributed by atoms with E-state index in [4.69, 9.17) is 10.5 Å². The van der Waals surface area contributed by atoms with Crippen LogP contribution in [0.25, 0.3) is 0 Å². The summed E-state index contributed by atoms with van der Waals surface area (Å²) in [4.78, 5) is 21.6. The number of rotatable bonds is 7. The van der Waals surface area contributed by atoms with Gasteiger partial charge in [-0.2, -0.15) is 0 Å². The number of nitro groups is 1. The van der Waals surface area contributed by atoms with E-state index in [-0.39, 0.29) is 12.3 Å². The molecule has 0 saturated carbocycles. The van der Waals surface area contributed by atoms with Crippen molar-refractivity contribution in [3.8, 4) is 5.75 Å². The summed E-state index contributed by atoms with van der Waals surface area (Å²) in [7, 11) is 0. The lowest BCUT2D eigenvalue weighted by molar-refractivity contribution is -0.385. The van der Waals surface area contributed by atoms with E-state index in [0.717, 1.165) is 5.56 Å². The lowest BCUT2D eigenvalue weighted by Crippen LogP contribution is -2.45. The predicted octanol–water partition coefficient (Wildman–Crippen LogP) is 1.05. The molecule has 1 atom stereocenters. The molecule has 0 radical (unpaired) electrons. The topological polar surface area (TPSA) is 107 Å². The van der Waals surface area contributed by atoms with Crippen LogP contribution in [0.15, 0.2) is 12.1 Å². The fraction of sp³-hybridized carbons (Fsp3) is 0.462. The molecule has 1 unspecified atom stereocenters. The van der Waals surface area contributed by atoms with Crippen LogP contribution >= 0.6 is 0 Å². The molecule has 7 heteroatoms. The third kappa shape index (κ3) is 3.92. The van der Waals surface area contributed by atoms with Gasteiger partial charge in [-0.05, 0) is 32.0 Å². The molecule has 20 heavy (non-hydrogen) atoms. The van der Waals surface area contributed by atoms with Crippen molar-refractivity contribution in [1.82, 2.24) is 5.32 Å². The van der Waals surface area contributed by atoms with Gasteiger partial charge in [-0.15, -0.1) is 0 Å². The maximum absolute atomic E-state index is 11.2. The Labute approximate surface area is 117 Å². The molecular weight excluding hydrogens is 262 g/mol. The van der Waals surface area contributed by atoms with Gasteiger partial charge in [-0.1, -0.05) is 6.92 Å². The van der Waals surface area contributed by atoms with Crippen LogP contribution in [0.1, 0.15) is 18.1 Å². The van der Waals surface area contributed by atoms with Crippen molar-refractivity contribution in [3.63, 3.8) is 0 Å². The Kier molecular flexibility index (Phi) is 5.45. The zero-order valence-electron chi connectivity index (χ0n) is 11.8. The Bertz CT molecular complexity index is 517. The highest BCUT2D eigenvalue weighted by atomic mass is 16.6. The largest absolute Gasteiger partial charge is 0.491 e. The van der Waals surface area contributed by atoms with E-state index in [1.165, 1.54) is 6.07 Å². The molecule has 0 heterocycles. The van der Waals surface area contributed by atoms with Crippen molar-refractivity contribution in [2.75, 3.05) is 13.2 Å². The molecule has 0 aromatic heterocycles. The number of hydrogen-bond acceptors (Lipinski definition) is 5. The minimum Gasteiger partial charge on any atom is -0.491 e. The van der Waals surface area contributed by atoms with Gasteiger partial charge in [0.15, 0.2) is 0 Å². The molecule has 1 aromatic carbocycles. The fourth-order valence-electron chi connectivity index (χ4n) is 1.84. The molecule has 0 aliphatic heterocycles. The summed E-state index contributed by atoms with van der Waals surface area (Å²) in [5.41, 5.74) is 6.57. The fourth-order valence-corrected chi connectivity index (χ4v) is 1.84. The van der Waals surface area contributed by atoms with E-state index < -0.39 is 16.9 Å². The van der Waals surface area contributed by atoms with Crippen molar-refractivity contribution in [1.29, 1.82) is 0 Å². The molecule has 0 fully saturated rings. The molecule has 110 valence electrons. The Balaban J connectivity index is 2.89. The quantitative estimate of drug-likeness (QED) is 0.574. The van der Waals surface area contributed by atoms with Crippen molar-refractivity contribution < 1.29 is 14.5 Å². The molecule has 0 aliphatic rings. The van der Waals surface area contributed by atoms with Crippen LogP contribution in [-0.2, 0) is 4.79 Å². The van der Waals surface area contributed by atoms with E-state index in [0.29, 0.717) is 17.9 Å². The highest BCUT2D eigenvalue weighted by Crippen LogP contribution is 2.28. The van der Waals surface area contributed by atoms with Crippen molar-refractivity contribution in [2.45, 2.75) is 26.8 Å². The van der Waals surface area contributed by atoms with Crippen LogP contribution < -0.4 is 15.8 Å². The summed E-state index contributed by atoms with van der Waals surface area (Å²) in [6.45, 7) is 5.91. The van der Waals surface area contributed by atoms with E-state index in [1.54, 1.807) is 19.9 Å². The standard InChI is InChI=1S/C13H19N3O4/c1-4-15-10(13(14)17)7-20-12-6-11(16(18)19)8(2)5-9(12)3/h5-6,10,15H,4,7H2,1-3H3,(H2,14,17). The van der Waals surface area contributed by atoms with Gasteiger partial charge in [0.1, 0.15) is 18.4 Å². The first-order chi connectivity index (χ1) is 9.36. The lowest BCUT2D eigenvalue weighted by atomic mass is 10.1. The summed E-state index contributed by atoms with van der Waals surface area (Å²) in [6.07, 6.45) is 0. The number of likely N-dealkylation sites (N-methyl/N-ethyl adjacent to an activating group) is 1. The minimum absolute atomic E-state index is 0.00956. The Morgan fingerprint density at radius 1 is 1.45 bits per heavy atom. The number of primary amides is 1. The summed E-state index contributed by atoms with van der Waals surface area (Å²) in [5.74, 6) is -0.141. The first-order valence-electron chi connectivity index (χ1n) is 6.28. The Morgan fingerprint density at radius 3 is 2.60 bits per heavy atom. The molecular formula is C13H19N3O4. The number of nitrogens with zero attached hydrogens (tertiary/aromatic N) is 1. The van der Waals surface area contributed by atoms with Crippen LogP contribution in [0.3, 0.4) is 0 Å². The van der Waals surface area contributed by atoms with Crippen molar-refractivity contribution >= 4 is 11.6 Å². The molecule has 1 aromatic rings. The molecule has 3 N–H and O–H groups in total. The molecule has 7 nitrogen and oxygen atoms in total. The van der Waals surface area contributed by atoms with Gasteiger partial charge in [-0.3, -0.25) is 14.9 Å². The molecule has 1 amide bonds. The van der Waals surface area contributed by atoms with E-state index in [2.05, 4.69) is 5.32 Å². The van der Waals surface area contributed by atoms with Crippen LogP contribution in [0.2, 0.25) is 0 Å². The first kappa shape index (κ1) is 15.9. The van der Waals surface area contributed by atoms with E-state index in [9.17, 15) is 14.9 Å². The van der Waals surface area contributed by atoms with E-state index in [1.807, 2.05) is 6.92 Å². The second kappa shape index (κ2) is 6.85. The lowest BCUT2D eigenvalue weighted by Gasteiger charge is -2.16. The number of nitrogens with one attached hydrogen (secondary N) is 1. The second-order valence-corrected chi connectivity index (χ2v) is 4.48. The van der Waals surface area contributed by atoms with Gasteiger partial charge >= 0.3 is 0 Å². The highest BCUT2D eigenvalue weighted by molar-refractivity contribution is 5.80. The number of benzene rings is 1. The SMILES string of the molecule is CCNC(COc1cc([N+](=O)[O-])c(C)cc1C)C(N)=O. The summed E-state index contributed by atoms with van der Waals surface area (Å²) < 4.78 is 5.49. The van der Waals surface area contributed by atoms with Gasteiger partial charge in [0.25, 0.3) is 5.69 Å². The number of carbonyl (C=O) groups is 1. The Morgan fingerprint density at radius 2 is 2.10 bits per heavy atom. The van der Waals surface area contributed by atoms with Gasteiger partial charge in [0.05, 0.1) is 11.0 Å². The van der Waals surface area contributed by atoms with Crippen LogP contribution in [0.4, 0.5) is 5.69 Å². The predicted molar refractivity (Wildman–Crippen MR) is 74.7 cm³/mol. The summed E-state index contributed by atoms with van der Waals surface area (Å²) in [5, 5.41) is 13.8. The van der Waals surface area contributed by atoms with Gasteiger partial charge in [-0.25, -0.2) is 0 Å². The molecule has 0 saturated heterocycles. The summed E-state index contributed by atoms with van der Waals surface area (Å²) >= 11 is 0. The molecule has 0 aliphatic carbocycles. The maximum Gasteiger partial charge on any atom is 0.276 e. The number of nitro benzene ring substituents is 1. The van der Waals surface area contributed by atoms with Crippen molar-refractivity contribution in [3.05, 3.63) is 33.4 Å². The number of aryl methyl sites for hydroxylation is 2. The molecule has 1 rings (SSSR count). The summed E-state index contributed by atoms with van der Waals surface area (Å²) in [6, 6.07) is 2.43. The average molecular weight is 281 g/mol. The number of hydrogen-bond donors (Lipinski definition) is 2. The van der Waals surface area contributed by atoms with E-state index >= 15 is 0 Å². The first-order valence-corrected chi connectivity index (χ1v) is 6.28. The molecule has 0 bridgehead atoms. The zero-order chi connectivity index (χ0) is 15.3. The zero-order valence-corrected chi connectivity index (χ0v) is 11.8. The van der Waals surface area contributed by atoms with Crippen LogP contribution in [0.5, 0.6) is 5.75 Å². The number of ether oxygens (including phenoxy) is 1. The van der Waals surface area contributed by atoms with Gasteiger partial charge in [0.2, 0.25) is 5.91 Å². The molecule has 0 spiro atoms. The Hall–Kier alpha value is -2.15. The number of nitrogens with two attached hydrogens (primary N) is 1. The van der Waals surface area contributed by atoms with Crippen LogP contribution in [-0.4, -0.2) is 30.0 Å². The number of amides is 1. The third-order valence-electron chi connectivity index (χ3n) is 2.89. The van der Waals surface area contributed by atoms with Gasteiger partial charge in [0, 0.05) is 5.56 Å². The minimum atomic E-state index is -0.625. The maximum atomic E-state index is 11.2. The third-order valence-corrected chi connectivity index (χ3v) is 2.89.